The topological polar surface area (TPSA) is 92.8 Å². The van der Waals surface area contributed by atoms with E-state index in [4.69, 9.17) is 4.74 Å². The van der Waals surface area contributed by atoms with Crippen LogP contribution in [0, 0.1) is 6.92 Å². The summed E-state index contributed by atoms with van der Waals surface area (Å²) in [5, 5.41) is 2.56. The number of carbonyl (C=O) groups excluding carboxylic acids is 2. The molecule has 0 aliphatic carbocycles. The first-order chi connectivity index (χ1) is 12.8. The Kier molecular flexibility index (Phi) is 7.88. The highest BCUT2D eigenvalue weighted by Gasteiger charge is 2.39. The van der Waals surface area contributed by atoms with E-state index in [-0.39, 0.29) is 30.7 Å². The Labute approximate surface area is 164 Å². The molecule has 1 aliphatic rings. The van der Waals surface area contributed by atoms with Crippen LogP contribution in [-0.2, 0) is 24.3 Å². The zero-order chi connectivity index (χ0) is 19.9. The fourth-order valence-electron chi connectivity index (χ4n) is 2.45. The minimum Gasteiger partial charge on any atom is -0.465 e. The van der Waals surface area contributed by atoms with Gasteiger partial charge in [0.15, 0.2) is 0 Å². The third kappa shape index (κ3) is 6.37. The van der Waals surface area contributed by atoms with Gasteiger partial charge in [-0.2, -0.15) is 4.31 Å². The minimum absolute atomic E-state index is 0.0316. The highest BCUT2D eigenvalue weighted by atomic mass is 32.2. The van der Waals surface area contributed by atoms with E-state index in [2.05, 4.69) is 5.32 Å². The lowest BCUT2D eigenvalue weighted by molar-refractivity contribution is -0.146. The summed E-state index contributed by atoms with van der Waals surface area (Å²) in [5.74, 6) is -0.579. The molecule has 0 saturated carbocycles. The van der Waals surface area contributed by atoms with Crippen molar-refractivity contribution in [3.05, 3.63) is 41.5 Å². The molecule has 1 atom stereocenters. The number of sulfonamides is 1. The lowest BCUT2D eigenvalue weighted by atomic mass is 10.1. The molecule has 7 nitrogen and oxygen atoms in total. The SMILES string of the molecule is CCOC(=O)C1CSCN1S(=O)(=O)CCNC(=O)/C=C/c1ccc(C)cc1. The number of amides is 1. The molecule has 0 aromatic heterocycles. The van der Waals surface area contributed by atoms with E-state index in [0.29, 0.717) is 5.75 Å². The van der Waals surface area contributed by atoms with Crippen molar-refractivity contribution in [2.24, 2.45) is 0 Å². The van der Waals surface area contributed by atoms with Gasteiger partial charge in [0.05, 0.1) is 18.2 Å². The van der Waals surface area contributed by atoms with Crippen molar-refractivity contribution in [1.82, 2.24) is 9.62 Å². The van der Waals surface area contributed by atoms with Gasteiger partial charge >= 0.3 is 5.97 Å². The summed E-state index contributed by atoms with van der Waals surface area (Å²) >= 11 is 1.37. The predicted octanol–water partition coefficient (Wildman–Crippen LogP) is 1.39. The molecular weight excluding hydrogens is 388 g/mol. The van der Waals surface area contributed by atoms with Crippen LogP contribution in [0.2, 0.25) is 0 Å². The molecule has 1 aliphatic heterocycles. The number of hydrogen-bond donors (Lipinski definition) is 1. The summed E-state index contributed by atoms with van der Waals surface area (Å²) in [4.78, 5) is 23.8. The number of nitrogens with zero attached hydrogens (tertiary/aromatic N) is 1. The third-order valence-corrected chi connectivity index (χ3v) is 6.92. The quantitative estimate of drug-likeness (QED) is 0.512. The number of hydrogen-bond acceptors (Lipinski definition) is 6. The Morgan fingerprint density at radius 1 is 1.33 bits per heavy atom. The maximum absolute atomic E-state index is 12.5. The smallest absolute Gasteiger partial charge is 0.325 e. The van der Waals surface area contributed by atoms with Gasteiger partial charge < -0.3 is 10.1 Å². The maximum Gasteiger partial charge on any atom is 0.325 e. The number of aryl methyl sites for hydroxylation is 1. The van der Waals surface area contributed by atoms with Crippen LogP contribution in [0.3, 0.4) is 0 Å². The number of thioether (sulfide) groups is 1. The molecule has 1 N–H and O–H groups in total. The van der Waals surface area contributed by atoms with Gasteiger partial charge in [0, 0.05) is 18.4 Å². The molecule has 1 aromatic rings. The Morgan fingerprint density at radius 2 is 2.04 bits per heavy atom. The van der Waals surface area contributed by atoms with Crippen LogP contribution in [0.5, 0.6) is 0 Å². The number of ether oxygens (including phenoxy) is 1. The molecule has 9 heteroatoms. The van der Waals surface area contributed by atoms with Crippen molar-refractivity contribution in [3.8, 4) is 0 Å². The summed E-state index contributed by atoms with van der Waals surface area (Å²) in [6.45, 7) is 3.83. The Hall–Kier alpha value is -1.84. The van der Waals surface area contributed by atoms with Gasteiger partial charge in [-0.3, -0.25) is 9.59 Å². The molecule has 27 heavy (non-hydrogen) atoms. The van der Waals surface area contributed by atoms with Gasteiger partial charge in [-0.05, 0) is 25.5 Å². The second-order valence-corrected chi connectivity index (χ2v) is 9.05. The van der Waals surface area contributed by atoms with E-state index in [9.17, 15) is 18.0 Å². The maximum atomic E-state index is 12.5. The van der Waals surface area contributed by atoms with Crippen LogP contribution >= 0.6 is 11.8 Å². The molecule has 0 bridgehead atoms. The number of carbonyl (C=O) groups is 2. The van der Waals surface area contributed by atoms with E-state index in [1.807, 2.05) is 31.2 Å². The van der Waals surface area contributed by atoms with E-state index in [0.717, 1.165) is 15.4 Å². The van der Waals surface area contributed by atoms with E-state index in [1.165, 1.54) is 17.8 Å². The van der Waals surface area contributed by atoms with Crippen molar-refractivity contribution in [2.45, 2.75) is 19.9 Å². The molecule has 148 valence electrons. The zero-order valence-corrected chi connectivity index (χ0v) is 17.0. The Balaban J connectivity index is 1.85. The van der Waals surface area contributed by atoms with Crippen molar-refractivity contribution < 1.29 is 22.7 Å². The minimum atomic E-state index is -3.67. The summed E-state index contributed by atoms with van der Waals surface area (Å²) in [6.07, 6.45) is 3.03. The van der Waals surface area contributed by atoms with Gasteiger partial charge in [-0.1, -0.05) is 29.8 Å². The van der Waals surface area contributed by atoms with Crippen molar-refractivity contribution in [2.75, 3.05) is 30.5 Å². The normalized spacial score (nSPS) is 17.9. The van der Waals surface area contributed by atoms with Crippen LogP contribution in [0.15, 0.2) is 30.3 Å². The molecule has 1 aromatic carbocycles. The fraction of sp³-hybridized carbons (Fsp3) is 0.444. The Bertz CT molecular complexity index is 790. The largest absolute Gasteiger partial charge is 0.465 e. The molecule has 1 saturated heterocycles. The third-order valence-electron chi connectivity index (χ3n) is 3.92. The predicted molar refractivity (Wildman–Crippen MR) is 107 cm³/mol. The first-order valence-electron chi connectivity index (χ1n) is 8.60. The van der Waals surface area contributed by atoms with E-state index < -0.39 is 22.0 Å². The fourth-order valence-corrected chi connectivity index (χ4v) is 5.56. The average molecular weight is 413 g/mol. The molecule has 1 amide bonds. The molecular formula is C18H24N2O5S2. The molecule has 1 heterocycles. The summed E-state index contributed by atoms with van der Waals surface area (Å²) in [7, 11) is -3.67. The van der Waals surface area contributed by atoms with Crippen molar-refractivity contribution >= 4 is 39.7 Å². The molecule has 1 unspecified atom stereocenters. The van der Waals surface area contributed by atoms with Crippen LogP contribution in [0.25, 0.3) is 6.08 Å². The first kappa shape index (κ1) is 21.5. The number of rotatable bonds is 8. The lowest BCUT2D eigenvalue weighted by Crippen LogP contribution is -2.45. The highest BCUT2D eigenvalue weighted by molar-refractivity contribution is 8.00. The van der Waals surface area contributed by atoms with Gasteiger partial charge in [0.2, 0.25) is 15.9 Å². The molecule has 1 fully saturated rings. The summed E-state index contributed by atoms with van der Waals surface area (Å²) in [6, 6.07) is 6.88. The van der Waals surface area contributed by atoms with Crippen molar-refractivity contribution in [3.63, 3.8) is 0 Å². The van der Waals surface area contributed by atoms with Gasteiger partial charge in [0.25, 0.3) is 0 Å². The number of esters is 1. The second-order valence-electron chi connectivity index (χ2n) is 6.01. The lowest BCUT2D eigenvalue weighted by Gasteiger charge is -2.21. The number of benzene rings is 1. The van der Waals surface area contributed by atoms with Crippen molar-refractivity contribution in [1.29, 1.82) is 0 Å². The first-order valence-corrected chi connectivity index (χ1v) is 11.4. The van der Waals surface area contributed by atoms with E-state index >= 15 is 0 Å². The van der Waals surface area contributed by atoms with Gasteiger partial charge in [0.1, 0.15) is 6.04 Å². The monoisotopic (exact) mass is 412 g/mol. The van der Waals surface area contributed by atoms with E-state index in [1.54, 1.807) is 13.0 Å². The standard InChI is InChI=1S/C18H24N2O5S2/c1-3-25-18(22)16-12-26-13-20(16)27(23,24)11-10-19-17(21)9-8-15-6-4-14(2)5-7-15/h4-9,16H,3,10-13H2,1-2H3,(H,19,21)/b9-8+. The molecule has 0 spiro atoms. The second kappa shape index (κ2) is 9.91. The Morgan fingerprint density at radius 3 is 2.70 bits per heavy atom. The summed E-state index contributed by atoms with van der Waals surface area (Å²) in [5.41, 5.74) is 2.01. The van der Waals surface area contributed by atoms with Gasteiger partial charge in [-0.25, -0.2) is 8.42 Å². The zero-order valence-electron chi connectivity index (χ0n) is 15.4. The van der Waals surface area contributed by atoms with Crippen LogP contribution in [0.1, 0.15) is 18.1 Å². The van der Waals surface area contributed by atoms with Crippen LogP contribution in [0.4, 0.5) is 0 Å². The summed E-state index contributed by atoms with van der Waals surface area (Å²) < 4.78 is 31.1. The molecule has 0 radical (unpaired) electrons. The molecule has 2 rings (SSSR count). The van der Waals surface area contributed by atoms with Crippen LogP contribution < -0.4 is 5.32 Å². The van der Waals surface area contributed by atoms with Gasteiger partial charge in [-0.15, -0.1) is 11.8 Å². The highest BCUT2D eigenvalue weighted by Crippen LogP contribution is 2.25. The average Bonchev–Trinajstić information content (AvgIpc) is 3.12. The van der Waals surface area contributed by atoms with Crippen LogP contribution in [-0.4, -0.2) is 61.2 Å². The number of nitrogens with one attached hydrogen (secondary N) is 1.